The SMILES string of the molecule is CCCCCOc1c(CNC2CCCC(C)C2)cccc1OC. The Kier molecular flexibility index (Phi) is 7.73. The zero-order chi connectivity index (χ0) is 16.5. The minimum absolute atomic E-state index is 0.637. The molecule has 0 amide bonds. The first-order valence-corrected chi connectivity index (χ1v) is 9.26. The fraction of sp³-hybridized carbons (Fsp3) is 0.700. The van der Waals surface area contributed by atoms with E-state index in [9.17, 15) is 0 Å². The van der Waals surface area contributed by atoms with Gasteiger partial charge in [-0.1, -0.05) is 51.7 Å². The molecule has 0 aromatic heterocycles. The summed E-state index contributed by atoms with van der Waals surface area (Å²) in [5.41, 5.74) is 1.21. The van der Waals surface area contributed by atoms with E-state index in [-0.39, 0.29) is 0 Å². The van der Waals surface area contributed by atoms with Gasteiger partial charge in [-0.25, -0.2) is 0 Å². The Labute approximate surface area is 141 Å². The Morgan fingerprint density at radius 2 is 2.09 bits per heavy atom. The van der Waals surface area contributed by atoms with Gasteiger partial charge in [0, 0.05) is 18.2 Å². The number of ether oxygens (including phenoxy) is 2. The van der Waals surface area contributed by atoms with Crippen LogP contribution in [0.4, 0.5) is 0 Å². The second-order valence-corrected chi connectivity index (χ2v) is 6.85. The lowest BCUT2D eigenvalue weighted by molar-refractivity contribution is 0.277. The van der Waals surface area contributed by atoms with Crippen molar-refractivity contribution in [2.45, 2.75) is 71.4 Å². The maximum Gasteiger partial charge on any atom is 0.165 e. The average Bonchev–Trinajstić information content (AvgIpc) is 2.57. The van der Waals surface area contributed by atoms with Crippen LogP contribution in [-0.4, -0.2) is 19.8 Å². The molecule has 1 N–H and O–H groups in total. The number of rotatable bonds is 9. The number of hydrogen-bond acceptors (Lipinski definition) is 3. The zero-order valence-corrected chi connectivity index (χ0v) is 15.1. The van der Waals surface area contributed by atoms with Crippen LogP contribution in [-0.2, 0) is 6.54 Å². The van der Waals surface area contributed by atoms with Crippen LogP contribution < -0.4 is 14.8 Å². The highest BCUT2D eigenvalue weighted by Gasteiger charge is 2.19. The van der Waals surface area contributed by atoms with E-state index in [2.05, 4.69) is 31.3 Å². The van der Waals surface area contributed by atoms with Crippen LogP contribution in [0.1, 0.15) is 64.4 Å². The van der Waals surface area contributed by atoms with Crippen molar-refractivity contribution in [2.24, 2.45) is 5.92 Å². The van der Waals surface area contributed by atoms with Gasteiger partial charge in [-0.05, 0) is 31.2 Å². The van der Waals surface area contributed by atoms with Crippen molar-refractivity contribution in [3.8, 4) is 11.5 Å². The summed E-state index contributed by atoms with van der Waals surface area (Å²) in [4.78, 5) is 0. The van der Waals surface area contributed by atoms with Crippen LogP contribution in [0.15, 0.2) is 18.2 Å². The molecule has 1 fully saturated rings. The van der Waals surface area contributed by atoms with Crippen LogP contribution in [0.25, 0.3) is 0 Å². The standard InChI is InChI=1S/C20H33NO2/c1-4-5-6-13-23-20-17(10-8-12-19(20)22-3)15-21-18-11-7-9-16(2)14-18/h8,10,12,16,18,21H,4-7,9,11,13-15H2,1-3H3. The number of para-hydroxylation sites is 1. The van der Waals surface area contributed by atoms with Gasteiger partial charge in [0.25, 0.3) is 0 Å². The molecule has 130 valence electrons. The van der Waals surface area contributed by atoms with Crippen molar-refractivity contribution in [3.05, 3.63) is 23.8 Å². The molecule has 0 bridgehead atoms. The van der Waals surface area contributed by atoms with Crippen LogP contribution >= 0.6 is 0 Å². The molecule has 2 unspecified atom stereocenters. The van der Waals surface area contributed by atoms with Crippen LogP contribution in [0.2, 0.25) is 0 Å². The highest BCUT2D eigenvalue weighted by molar-refractivity contribution is 5.46. The van der Waals surface area contributed by atoms with Gasteiger partial charge in [-0.2, -0.15) is 0 Å². The lowest BCUT2D eigenvalue weighted by Crippen LogP contribution is -2.33. The molecule has 0 spiro atoms. The van der Waals surface area contributed by atoms with Crippen molar-refractivity contribution in [3.63, 3.8) is 0 Å². The third-order valence-corrected chi connectivity index (χ3v) is 4.79. The summed E-state index contributed by atoms with van der Waals surface area (Å²) in [5.74, 6) is 2.61. The van der Waals surface area contributed by atoms with Gasteiger partial charge in [0.1, 0.15) is 0 Å². The maximum atomic E-state index is 6.06. The lowest BCUT2D eigenvalue weighted by Gasteiger charge is -2.28. The Morgan fingerprint density at radius 1 is 1.22 bits per heavy atom. The fourth-order valence-electron chi connectivity index (χ4n) is 3.43. The first-order valence-electron chi connectivity index (χ1n) is 9.26. The third kappa shape index (κ3) is 5.72. The first kappa shape index (κ1) is 18.1. The van der Waals surface area contributed by atoms with Crippen molar-refractivity contribution >= 4 is 0 Å². The van der Waals surface area contributed by atoms with Gasteiger partial charge in [0.15, 0.2) is 11.5 Å². The van der Waals surface area contributed by atoms with E-state index in [1.54, 1.807) is 7.11 Å². The van der Waals surface area contributed by atoms with E-state index in [0.717, 1.165) is 37.0 Å². The summed E-state index contributed by atoms with van der Waals surface area (Å²) in [5, 5.41) is 3.73. The summed E-state index contributed by atoms with van der Waals surface area (Å²) in [6.07, 6.45) is 8.83. The summed E-state index contributed by atoms with van der Waals surface area (Å²) in [6.45, 7) is 6.20. The molecule has 23 heavy (non-hydrogen) atoms. The normalized spacial score (nSPS) is 21.2. The predicted octanol–water partition coefficient (Wildman–Crippen LogP) is 4.93. The quantitative estimate of drug-likeness (QED) is 0.654. The van der Waals surface area contributed by atoms with Gasteiger partial charge in [-0.3, -0.25) is 0 Å². The maximum absolute atomic E-state index is 6.06. The number of unbranched alkanes of at least 4 members (excludes halogenated alkanes) is 2. The number of nitrogens with one attached hydrogen (secondary N) is 1. The van der Waals surface area contributed by atoms with Gasteiger partial charge < -0.3 is 14.8 Å². The highest BCUT2D eigenvalue weighted by atomic mass is 16.5. The Balaban J connectivity index is 1.95. The minimum Gasteiger partial charge on any atom is -0.493 e. The summed E-state index contributed by atoms with van der Waals surface area (Å²) < 4.78 is 11.6. The molecular formula is C20H33NO2. The molecule has 0 saturated heterocycles. The second kappa shape index (κ2) is 9.82. The molecule has 3 nitrogen and oxygen atoms in total. The molecule has 1 aromatic carbocycles. The smallest absolute Gasteiger partial charge is 0.165 e. The second-order valence-electron chi connectivity index (χ2n) is 6.85. The fourth-order valence-corrected chi connectivity index (χ4v) is 3.43. The average molecular weight is 319 g/mol. The van der Waals surface area contributed by atoms with E-state index >= 15 is 0 Å². The summed E-state index contributed by atoms with van der Waals surface area (Å²) >= 11 is 0. The largest absolute Gasteiger partial charge is 0.493 e. The number of methoxy groups -OCH3 is 1. The highest BCUT2D eigenvalue weighted by Crippen LogP contribution is 2.32. The van der Waals surface area contributed by atoms with Crippen molar-refractivity contribution in [2.75, 3.05) is 13.7 Å². The monoisotopic (exact) mass is 319 g/mol. The van der Waals surface area contributed by atoms with Crippen molar-refractivity contribution in [1.29, 1.82) is 0 Å². The molecule has 2 rings (SSSR count). The van der Waals surface area contributed by atoms with E-state index in [1.807, 2.05) is 6.07 Å². The topological polar surface area (TPSA) is 30.5 Å². The molecule has 0 radical (unpaired) electrons. The molecule has 2 atom stereocenters. The summed E-state index contributed by atoms with van der Waals surface area (Å²) in [7, 11) is 1.72. The van der Waals surface area contributed by atoms with Gasteiger partial charge in [-0.15, -0.1) is 0 Å². The third-order valence-electron chi connectivity index (χ3n) is 4.79. The molecule has 1 aliphatic carbocycles. The predicted molar refractivity (Wildman–Crippen MR) is 96.3 cm³/mol. The van der Waals surface area contributed by atoms with Crippen molar-refractivity contribution < 1.29 is 9.47 Å². The van der Waals surface area contributed by atoms with E-state index in [1.165, 1.54) is 44.1 Å². The number of hydrogen-bond donors (Lipinski definition) is 1. The zero-order valence-electron chi connectivity index (χ0n) is 15.1. The Morgan fingerprint density at radius 3 is 2.83 bits per heavy atom. The molecule has 0 heterocycles. The first-order chi connectivity index (χ1) is 11.2. The molecular weight excluding hydrogens is 286 g/mol. The van der Waals surface area contributed by atoms with E-state index in [4.69, 9.17) is 9.47 Å². The lowest BCUT2D eigenvalue weighted by atomic mass is 9.87. The van der Waals surface area contributed by atoms with Gasteiger partial charge in [0.2, 0.25) is 0 Å². The molecule has 0 aliphatic heterocycles. The molecule has 1 aromatic rings. The van der Waals surface area contributed by atoms with Crippen LogP contribution in [0.3, 0.4) is 0 Å². The molecule has 3 heteroatoms. The number of benzene rings is 1. The van der Waals surface area contributed by atoms with Gasteiger partial charge >= 0.3 is 0 Å². The minimum atomic E-state index is 0.637. The Bertz CT molecular complexity index is 461. The van der Waals surface area contributed by atoms with E-state index < -0.39 is 0 Å². The molecule has 1 saturated carbocycles. The van der Waals surface area contributed by atoms with E-state index in [0.29, 0.717) is 6.04 Å². The van der Waals surface area contributed by atoms with Gasteiger partial charge in [0.05, 0.1) is 13.7 Å². The van der Waals surface area contributed by atoms with Crippen LogP contribution in [0.5, 0.6) is 11.5 Å². The van der Waals surface area contributed by atoms with Crippen LogP contribution in [0, 0.1) is 5.92 Å². The summed E-state index contributed by atoms with van der Waals surface area (Å²) in [6, 6.07) is 6.83. The Hall–Kier alpha value is -1.22. The molecule has 1 aliphatic rings. The van der Waals surface area contributed by atoms with Crippen molar-refractivity contribution in [1.82, 2.24) is 5.32 Å².